The van der Waals surface area contributed by atoms with Crippen LogP contribution in [0.3, 0.4) is 0 Å². The molecule has 1 aliphatic carbocycles. The van der Waals surface area contributed by atoms with Crippen LogP contribution in [0.5, 0.6) is 0 Å². The predicted molar refractivity (Wildman–Crippen MR) is 82.7 cm³/mol. The normalized spacial score (nSPS) is 24.3. The lowest BCUT2D eigenvalue weighted by atomic mass is 9.85. The zero-order chi connectivity index (χ0) is 15.4. The highest BCUT2D eigenvalue weighted by molar-refractivity contribution is 5.94. The quantitative estimate of drug-likeness (QED) is 0.871. The van der Waals surface area contributed by atoms with Gasteiger partial charge in [0.1, 0.15) is 6.10 Å². The molecule has 1 aromatic rings. The highest BCUT2D eigenvalue weighted by Gasteiger charge is 2.42. The first kappa shape index (κ1) is 15.8. The average molecular weight is 292 g/mol. The number of methoxy groups -OCH3 is 1. The topological polar surface area (TPSA) is 50.8 Å². The summed E-state index contributed by atoms with van der Waals surface area (Å²) in [6, 6.07) is 7.78. The second kappa shape index (κ2) is 6.91. The second-order valence-corrected chi connectivity index (χ2v) is 5.46. The van der Waals surface area contributed by atoms with Gasteiger partial charge in [0.25, 0.3) is 5.91 Å². The molecule has 116 valence electrons. The van der Waals surface area contributed by atoms with Crippen LogP contribution in [0.15, 0.2) is 24.3 Å². The van der Waals surface area contributed by atoms with Gasteiger partial charge in [0.2, 0.25) is 0 Å². The summed E-state index contributed by atoms with van der Waals surface area (Å²) in [4.78, 5) is 13.4. The minimum absolute atomic E-state index is 0.0105. The SMILES string of the molecule is CCOC1CC(Nc2ccc(C(=O)N(C)C)cc2)C1OC. The Bertz CT molecular complexity index is 473. The van der Waals surface area contributed by atoms with Crippen molar-refractivity contribution in [2.45, 2.75) is 31.6 Å². The van der Waals surface area contributed by atoms with E-state index < -0.39 is 0 Å². The first-order valence-corrected chi connectivity index (χ1v) is 7.29. The van der Waals surface area contributed by atoms with Crippen LogP contribution in [0.25, 0.3) is 0 Å². The third-order valence-electron chi connectivity index (χ3n) is 3.79. The van der Waals surface area contributed by atoms with Crippen LogP contribution in [-0.2, 0) is 9.47 Å². The Morgan fingerprint density at radius 3 is 2.52 bits per heavy atom. The molecule has 0 bridgehead atoms. The summed E-state index contributed by atoms with van der Waals surface area (Å²) in [5.41, 5.74) is 1.68. The van der Waals surface area contributed by atoms with Gasteiger partial charge in [-0.15, -0.1) is 0 Å². The number of hydrogen-bond acceptors (Lipinski definition) is 4. The molecule has 1 amide bonds. The summed E-state index contributed by atoms with van der Waals surface area (Å²) in [5.74, 6) is 0.0105. The molecule has 0 saturated heterocycles. The van der Waals surface area contributed by atoms with Gasteiger partial charge in [0.15, 0.2) is 0 Å². The Morgan fingerprint density at radius 1 is 1.33 bits per heavy atom. The van der Waals surface area contributed by atoms with E-state index in [9.17, 15) is 4.79 Å². The maximum Gasteiger partial charge on any atom is 0.253 e. The number of carbonyl (C=O) groups is 1. The van der Waals surface area contributed by atoms with E-state index in [4.69, 9.17) is 9.47 Å². The Kier molecular flexibility index (Phi) is 5.20. The van der Waals surface area contributed by atoms with Gasteiger partial charge in [-0.05, 0) is 37.6 Å². The van der Waals surface area contributed by atoms with Gasteiger partial charge in [-0.25, -0.2) is 0 Å². The number of ether oxygens (including phenoxy) is 2. The van der Waals surface area contributed by atoms with Crippen molar-refractivity contribution in [1.82, 2.24) is 4.90 Å². The first-order chi connectivity index (χ1) is 10.1. The van der Waals surface area contributed by atoms with E-state index in [0.29, 0.717) is 12.2 Å². The third-order valence-corrected chi connectivity index (χ3v) is 3.79. The van der Waals surface area contributed by atoms with Gasteiger partial charge in [-0.2, -0.15) is 0 Å². The van der Waals surface area contributed by atoms with Crippen molar-refractivity contribution in [2.75, 3.05) is 33.1 Å². The van der Waals surface area contributed by atoms with E-state index >= 15 is 0 Å². The molecule has 1 N–H and O–H groups in total. The molecule has 1 saturated carbocycles. The average Bonchev–Trinajstić information content (AvgIpc) is 2.46. The lowest BCUT2D eigenvalue weighted by Gasteiger charge is -2.43. The molecule has 1 aliphatic rings. The van der Waals surface area contributed by atoms with Gasteiger partial charge >= 0.3 is 0 Å². The van der Waals surface area contributed by atoms with Gasteiger partial charge in [-0.3, -0.25) is 4.79 Å². The fourth-order valence-electron chi connectivity index (χ4n) is 2.60. The zero-order valence-corrected chi connectivity index (χ0v) is 13.1. The van der Waals surface area contributed by atoms with E-state index in [1.54, 1.807) is 26.1 Å². The molecule has 3 unspecified atom stereocenters. The van der Waals surface area contributed by atoms with Gasteiger partial charge < -0.3 is 19.7 Å². The first-order valence-electron chi connectivity index (χ1n) is 7.29. The molecule has 0 aliphatic heterocycles. The van der Waals surface area contributed by atoms with Crippen LogP contribution >= 0.6 is 0 Å². The van der Waals surface area contributed by atoms with Crippen molar-refractivity contribution >= 4 is 11.6 Å². The van der Waals surface area contributed by atoms with Crippen molar-refractivity contribution < 1.29 is 14.3 Å². The number of nitrogens with one attached hydrogen (secondary N) is 1. The highest BCUT2D eigenvalue weighted by atomic mass is 16.5. The van der Waals surface area contributed by atoms with Crippen LogP contribution in [-0.4, -0.2) is 56.9 Å². The van der Waals surface area contributed by atoms with Crippen LogP contribution in [0.2, 0.25) is 0 Å². The molecule has 3 atom stereocenters. The van der Waals surface area contributed by atoms with Gasteiger partial charge in [-0.1, -0.05) is 0 Å². The summed E-state index contributed by atoms with van der Waals surface area (Å²) in [6.07, 6.45) is 1.19. The van der Waals surface area contributed by atoms with Crippen molar-refractivity contribution in [1.29, 1.82) is 0 Å². The molecule has 0 radical (unpaired) electrons. The predicted octanol–water partition coefficient (Wildman–Crippen LogP) is 1.99. The molecule has 0 heterocycles. The van der Waals surface area contributed by atoms with E-state index in [0.717, 1.165) is 12.1 Å². The Labute approximate surface area is 126 Å². The lowest BCUT2D eigenvalue weighted by Crippen LogP contribution is -2.56. The largest absolute Gasteiger partial charge is 0.379 e. The van der Waals surface area contributed by atoms with Crippen molar-refractivity contribution in [3.8, 4) is 0 Å². The standard InChI is InChI=1S/C16H24N2O3/c1-5-21-14-10-13(15(14)20-4)17-12-8-6-11(7-9-12)16(19)18(2)3/h6-9,13-15,17H,5,10H2,1-4H3. The maximum absolute atomic E-state index is 11.8. The number of benzene rings is 1. The van der Waals surface area contributed by atoms with Crippen molar-refractivity contribution in [2.24, 2.45) is 0 Å². The number of carbonyl (C=O) groups excluding carboxylic acids is 1. The molecule has 0 spiro atoms. The molecule has 1 aromatic carbocycles. The minimum Gasteiger partial charge on any atom is -0.379 e. The fourth-order valence-corrected chi connectivity index (χ4v) is 2.60. The van der Waals surface area contributed by atoms with Gasteiger partial charge in [0.05, 0.1) is 12.1 Å². The molecule has 2 rings (SSSR count). The summed E-state index contributed by atoms with van der Waals surface area (Å²) >= 11 is 0. The minimum atomic E-state index is 0.0105. The van der Waals surface area contributed by atoms with E-state index in [-0.39, 0.29) is 24.2 Å². The monoisotopic (exact) mass is 292 g/mol. The Balaban J connectivity index is 1.94. The van der Waals surface area contributed by atoms with E-state index in [1.807, 2.05) is 31.2 Å². The lowest BCUT2D eigenvalue weighted by molar-refractivity contribution is -0.118. The Morgan fingerprint density at radius 2 is 2.00 bits per heavy atom. The molecule has 1 fully saturated rings. The zero-order valence-electron chi connectivity index (χ0n) is 13.1. The maximum atomic E-state index is 11.8. The fraction of sp³-hybridized carbons (Fsp3) is 0.562. The number of nitrogens with zero attached hydrogens (tertiary/aromatic N) is 1. The third kappa shape index (κ3) is 3.54. The molecule has 5 nitrogen and oxygen atoms in total. The number of hydrogen-bond donors (Lipinski definition) is 1. The Hall–Kier alpha value is -1.59. The summed E-state index contributed by atoms with van der Waals surface area (Å²) in [6.45, 7) is 2.70. The summed E-state index contributed by atoms with van der Waals surface area (Å²) in [5, 5.41) is 3.43. The van der Waals surface area contributed by atoms with E-state index in [1.165, 1.54) is 0 Å². The number of anilines is 1. The number of rotatable bonds is 6. The molecular weight excluding hydrogens is 268 g/mol. The molecule has 0 aromatic heterocycles. The van der Waals surface area contributed by atoms with E-state index in [2.05, 4.69) is 5.32 Å². The highest BCUT2D eigenvalue weighted by Crippen LogP contribution is 2.29. The number of amides is 1. The summed E-state index contributed by atoms with van der Waals surface area (Å²) in [7, 11) is 5.21. The van der Waals surface area contributed by atoms with Gasteiger partial charge in [0, 0.05) is 39.1 Å². The van der Waals surface area contributed by atoms with Crippen LogP contribution in [0.4, 0.5) is 5.69 Å². The summed E-state index contributed by atoms with van der Waals surface area (Å²) < 4.78 is 11.1. The molecular formula is C16H24N2O3. The molecule has 5 heteroatoms. The van der Waals surface area contributed by atoms with Crippen LogP contribution in [0.1, 0.15) is 23.7 Å². The molecule has 21 heavy (non-hydrogen) atoms. The second-order valence-electron chi connectivity index (χ2n) is 5.46. The van der Waals surface area contributed by atoms with Crippen molar-refractivity contribution in [3.05, 3.63) is 29.8 Å². The van der Waals surface area contributed by atoms with Crippen LogP contribution in [0, 0.1) is 0 Å². The van der Waals surface area contributed by atoms with Crippen LogP contribution < -0.4 is 5.32 Å². The smallest absolute Gasteiger partial charge is 0.253 e. The van der Waals surface area contributed by atoms with Crippen molar-refractivity contribution in [3.63, 3.8) is 0 Å².